The van der Waals surface area contributed by atoms with Gasteiger partial charge in [-0.1, -0.05) is 55.8 Å². The minimum Gasteiger partial charge on any atom is -0.497 e. The molecule has 31 heavy (non-hydrogen) atoms. The molecule has 0 N–H and O–H groups in total. The van der Waals surface area contributed by atoms with Crippen molar-refractivity contribution in [3.05, 3.63) is 70.5 Å². The lowest BCUT2D eigenvalue weighted by Gasteiger charge is -2.34. The highest BCUT2D eigenvalue weighted by Crippen LogP contribution is 2.31. The van der Waals surface area contributed by atoms with E-state index in [0.29, 0.717) is 19.7 Å². The van der Waals surface area contributed by atoms with Crippen LogP contribution in [0.3, 0.4) is 0 Å². The van der Waals surface area contributed by atoms with Gasteiger partial charge in [-0.15, -0.1) is 5.10 Å². The molecule has 1 unspecified atom stereocenters. The highest BCUT2D eigenvalue weighted by molar-refractivity contribution is 6.31. The van der Waals surface area contributed by atoms with E-state index in [9.17, 15) is 0 Å². The summed E-state index contributed by atoms with van der Waals surface area (Å²) in [7, 11) is 3.35. The normalized spacial score (nSPS) is 12.5. The van der Waals surface area contributed by atoms with E-state index in [-0.39, 0.29) is 12.0 Å². The van der Waals surface area contributed by atoms with Crippen molar-refractivity contribution in [3.63, 3.8) is 0 Å². The van der Waals surface area contributed by atoms with Crippen LogP contribution in [0.1, 0.15) is 36.8 Å². The summed E-state index contributed by atoms with van der Waals surface area (Å²) in [6, 6.07) is 16.1. The highest BCUT2D eigenvalue weighted by Gasteiger charge is 2.29. The largest absolute Gasteiger partial charge is 0.497 e. The van der Waals surface area contributed by atoms with E-state index in [0.717, 1.165) is 28.7 Å². The second-order valence-corrected chi connectivity index (χ2v) is 8.19. The Morgan fingerprint density at radius 1 is 1.03 bits per heavy atom. The van der Waals surface area contributed by atoms with Crippen molar-refractivity contribution in [1.82, 2.24) is 25.1 Å². The van der Waals surface area contributed by atoms with Gasteiger partial charge < -0.3 is 9.47 Å². The van der Waals surface area contributed by atoms with Crippen LogP contribution in [-0.2, 0) is 24.4 Å². The number of rotatable bonds is 11. The van der Waals surface area contributed by atoms with E-state index in [1.54, 1.807) is 14.2 Å². The van der Waals surface area contributed by atoms with Gasteiger partial charge in [0.15, 0.2) is 5.82 Å². The Morgan fingerprint density at radius 3 is 2.42 bits per heavy atom. The zero-order chi connectivity index (χ0) is 22.2. The van der Waals surface area contributed by atoms with E-state index in [1.807, 2.05) is 35.0 Å². The van der Waals surface area contributed by atoms with Gasteiger partial charge in [-0.3, -0.25) is 4.90 Å². The number of halogens is 1. The van der Waals surface area contributed by atoms with Crippen LogP contribution in [0, 0.1) is 5.92 Å². The summed E-state index contributed by atoms with van der Waals surface area (Å²) < 4.78 is 12.4. The van der Waals surface area contributed by atoms with Crippen LogP contribution in [0.15, 0.2) is 48.5 Å². The Kier molecular flexibility index (Phi) is 8.40. The number of tetrazole rings is 1. The third-order valence-electron chi connectivity index (χ3n) is 5.23. The van der Waals surface area contributed by atoms with E-state index in [2.05, 4.69) is 52.5 Å². The van der Waals surface area contributed by atoms with E-state index >= 15 is 0 Å². The number of aromatic nitrogens is 4. The van der Waals surface area contributed by atoms with Crippen molar-refractivity contribution in [3.8, 4) is 5.75 Å². The van der Waals surface area contributed by atoms with Crippen LogP contribution < -0.4 is 4.74 Å². The second-order valence-electron chi connectivity index (χ2n) is 7.79. The van der Waals surface area contributed by atoms with Gasteiger partial charge in [0.2, 0.25) is 0 Å². The molecule has 0 aliphatic rings. The van der Waals surface area contributed by atoms with Crippen molar-refractivity contribution in [2.75, 3.05) is 20.8 Å². The summed E-state index contributed by atoms with van der Waals surface area (Å²) in [6.45, 7) is 6.92. The van der Waals surface area contributed by atoms with Gasteiger partial charge in [0.05, 0.1) is 26.3 Å². The maximum Gasteiger partial charge on any atom is 0.168 e. The molecule has 0 aliphatic heterocycles. The Hall–Kier alpha value is -2.48. The molecule has 166 valence electrons. The first kappa shape index (κ1) is 23.2. The molecule has 8 heteroatoms. The summed E-state index contributed by atoms with van der Waals surface area (Å²) in [6.07, 6.45) is 0. The van der Waals surface area contributed by atoms with Gasteiger partial charge in [-0.2, -0.15) is 0 Å². The predicted octanol–water partition coefficient (Wildman–Crippen LogP) is 4.38. The molecule has 7 nitrogen and oxygen atoms in total. The van der Waals surface area contributed by atoms with Crippen LogP contribution >= 0.6 is 11.6 Å². The first-order valence-electron chi connectivity index (χ1n) is 10.4. The number of hydrogen-bond donors (Lipinski definition) is 0. The van der Waals surface area contributed by atoms with Gasteiger partial charge >= 0.3 is 0 Å². The molecular formula is C23H30ClN5O2. The second kappa shape index (κ2) is 11.2. The Balaban J connectivity index is 1.97. The van der Waals surface area contributed by atoms with Gasteiger partial charge in [0.1, 0.15) is 5.75 Å². The Bertz CT molecular complexity index is 945. The predicted molar refractivity (Wildman–Crippen MR) is 121 cm³/mol. The molecule has 1 aromatic heterocycles. The Labute approximate surface area is 188 Å². The lowest BCUT2D eigenvalue weighted by molar-refractivity contribution is 0.121. The lowest BCUT2D eigenvalue weighted by Crippen LogP contribution is -2.34. The van der Waals surface area contributed by atoms with Gasteiger partial charge in [0, 0.05) is 25.2 Å². The molecule has 0 radical (unpaired) electrons. The standard InChI is InChI=1S/C23H30ClN5O2/c1-17(2)22(23-25-26-27-29(23)13-14-30-3)28(16-19-7-5-6-8-21(19)24)15-18-9-11-20(31-4)12-10-18/h5-12,17,22H,13-16H2,1-4H3. The van der Waals surface area contributed by atoms with Crippen LogP contribution in [0.2, 0.25) is 5.02 Å². The summed E-state index contributed by atoms with van der Waals surface area (Å²) in [5.41, 5.74) is 2.24. The summed E-state index contributed by atoms with van der Waals surface area (Å²) in [5.74, 6) is 1.94. The SMILES string of the molecule is COCCn1nnnc1C(C(C)C)N(Cc1ccc(OC)cc1)Cc1ccccc1Cl. The number of ether oxygens (including phenoxy) is 2. The molecule has 0 bridgehead atoms. The number of methoxy groups -OCH3 is 2. The minimum absolute atomic E-state index is 0.00905. The van der Waals surface area contributed by atoms with Crippen molar-refractivity contribution in [1.29, 1.82) is 0 Å². The van der Waals surface area contributed by atoms with Gasteiger partial charge in [0.25, 0.3) is 0 Å². The zero-order valence-electron chi connectivity index (χ0n) is 18.5. The molecule has 0 saturated carbocycles. The summed E-state index contributed by atoms with van der Waals surface area (Å²) in [4.78, 5) is 2.38. The minimum atomic E-state index is -0.00905. The topological polar surface area (TPSA) is 65.3 Å². The number of nitrogens with zero attached hydrogens (tertiary/aromatic N) is 5. The van der Waals surface area contributed by atoms with Crippen molar-refractivity contribution in [2.24, 2.45) is 5.92 Å². The Morgan fingerprint density at radius 2 is 1.77 bits per heavy atom. The molecule has 0 fully saturated rings. The molecule has 0 spiro atoms. The average molecular weight is 444 g/mol. The first-order valence-corrected chi connectivity index (χ1v) is 10.8. The van der Waals surface area contributed by atoms with Crippen LogP contribution in [0.4, 0.5) is 0 Å². The first-order chi connectivity index (χ1) is 15.0. The van der Waals surface area contributed by atoms with E-state index in [4.69, 9.17) is 21.1 Å². The molecule has 3 rings (SSSR count). The van der Waals surface area contributed by atoms with E-state index in [1.165, 1.54) is 5.56 Å². The molecular weight excluding hydrogens is 414 g/mol. The average Bonchev–Trinajstić information content (AvgIpc) is 3.22. The maximum absolute atomic E-state index is 6.51. The smallest absolute Gasteiger partial charge is 0.168 e. The molecule has 0 amide bonds. The van der Waals surface area contributed by atoms with Gasteiger partial charge in [-0.25, -0.2) is 4.68 Å². The van der Waals surface area contributed by atoms with E-state index < -0.39 is 0 Å². The van der Waals surface area contributed by atoms with Crippen LogP contribution in [0.25, 0.3) is 0 Å². The number of benzene rings is 2. The fourth-order valence-electron chi connectivity index (χ4n) is 3.71. The van der Waals surface area contributed by atoms with Gasteiger partial charge in [-0.05, 0) is 45.7 Å². The fourth-order valence-corrected chi connectivity index (χ4v) is 3.90. The van der Waals surface area contributed by atoms with Crippen LogP contribution in [-0.4, -0.2) is 45.9 Å². The maximum atomic E-state index is 6.51. The molecule has 1 heterocycles. The van der Waals surface area contributed by atoms with Crippen molar-refractivity contribution < 1.29 is 9.47 Å². The van der Waals surface area contributed by atoms with Crippen molar-refractivity contribution >= 4 is 11.6 Å². The lowest BCUT2D eigenvalue weighted by atomic mass is 9.99. The van der Waals surface area contributed by atoms with Crippen LogP contribution in [0.5, 0.6) is 5.75 Å². The molecule has 0 aliphatic carbocycles. The zero-order valence-corrected chi connectivity index (χ0v) is 19.3. The molecule has 1 atom stereocenters. The summed E-state index contributed by atoms with van der Waals surface area (Å²) in [5, 5.41) is 13.3. The third-order valence-corrected chi connectivity index (χ3v) is 5.60. The molecule has 3 aromatic rings. The molecule has 2 aromatic carbocycles. The summed E-state index contributed by atoms with van der Waals surface area (Å²) >= 11 is 6.51. The van der Waals surface area contributed by atoms with Crippen molar-refractivity contribution in [2.45, 2.75) is 39.5 Å². The fraction of sp³-hybridized carbons (Fsp3) is 0.435. The highest BCUT2D eigenvalue weighted by atomic mass is 35.5. The molecule has 0 saturated heterocycles. The third kappa shape index (κ3) is 6.03. The quantitative estimate of drug-likeness (QED) is 0.438. The number of hydrogen-bond acceptors (Lipinski definition) is 6. The monoisotopic (exact) mass is 443 g/mol.